The standard InChI is InChI=1S/C27H29ClN6O3/c28-18-3-6-25(31-16-18)33-26(35)21-9-12-30-17-23(21)32-27(36)22-5-4-19(34-13-1-2-14-34)15-24(22)37-20-7-10-29-11-8-20/h3-6,9,12,15-17,20,29H,1-2,7-8,10-11,13-14H2,(H,32,36)(H,31,33,35). The Morgan fingerprint density at radius 2 is 1.76 bits per heavy atom. The zero-order valence-corrected chi connectivity index (χ0v) is 21.1. The Kier molecular flexibility index (Phi) is 7.82. The summed E-state index contributed by atoms with van der Waals surface area (Å²) in [5.41, 5.74) is 2.01. The van der Waals surface area contributed by atoms with Crippen LogP contribution in [-0.4, -0.2) is 54.1 Å². The number of halogens is 1. The number of carbonyl (C=O) groups is 2. The van der Waals surface area contributed by atoms with Crippen molar-refractivity contribution in [2.24, 2.45) is 0 Å². The van der Waals surface area contributed by atoms with E-state index in [2.05, 4.69) is 30.8 Å². The molecule has 9 nitrogen and oxygen atoms in total. The number of piperidine rings is 1. The van der Waals surface area contributed by atoms with Gasteiger partial charge in [-0.05, 0) is 69.1 Å². The summed E-state index contributed by atoms with van der Waals surface area (Å²) in [6.45, 7) is 3.76. The molecule has 3 aromatic rings. The van der Waals surface area contributed by atoms with Crippen molar-refractivity contribution in [2.45, 2.75) is 31.8 Å². The van der Waals surface area contributed by atoms with Crippen LogP contribution >= 0.6 is 11.6 Å². The van der Waals surface area contributed by atoms with Gasteiger partial charge in [0.05, 0.1) is 28.0 Å². The van der Waals surface area contributed by atoms with E-state index in [1.807, 2.05) is 12.1 Å². The van der Waals surface area contributed by atoms with E-state index in [1.165, 1.54) is 18.6 Å². The molecule has 2 aliphatic heterocycles. The van der Waals surface area contributed by atoms with E-state index >= 15 is 0 Å². The number of rotatable bonds is 7. The van der Waals surface area contributed by atoms with Gasteiger partial charge in [-0.25, -0.2) is 4.98 Å². The molecular weight excluding hydrogens is 492 g/mol. The average molecular weight is 521 g/mol. The van der Waals surface area contributed by atoms with Gasteiger partial charge in [-0.1, -0.05) is 11.6 Å². The first-order chi connectivity index (χ1) is 18.1. The monoisotopic (exact) mass is 520 g/mol. The summed E-state index contributed by atoms with van der Waals surface area (Å²) < 4.78 is 6.37. The fraction of sp³-hybridized carbons (Fsp3) is 0.333. The lowest BCUT2D eigenvalue weighted by atomic mass is 10.1. The van der Waals surface area contributed by atoms with E-state index < -0.39 is 5.91 Å². The largest absolute Gasteiger partial charge is 0.489 e. The second-order valence-electron chi connectivity index (χ2n) is 9.13. The van der Waals surface area contributed by atoms with Crippen molar-refractivity contribution in [3.05, 3.63) is 71.1 Å². The molecule has 2 amide bonds. The topological polar surface area (TPSA) is 108 Å². The van der Waals surface area contributed by atoms with Crippen LogP contribution in [0.2, 0.25) is 5.02 Å². The van der Waals surface area contributed by atoms with Crippen LogP contribution in [0.5, 0.6) is 5.75 Å². The van der Waals surface area contributed by atoms with E-state index in [0.717, 1.165) is 57.5 Å². The highest BCUT2D eigenvalue weighted by atomic mass is 35.5. The summed E-state index contributed by atoms with van der Waals surface area (Å²) >= 11 is 5.88. The molecule has 2 aliphatic rings. The normalized spacial score (nSPS) is 15.9. The number of hydrogen-bond acceptors (Lipinski definition) is 7. The maximum absolute atomic E-state index is 13.5. The van der Waals surface area contributed by atoms with Crippen molar-refractivity contribution in [1.29, 1.82) is 0 Å². The average Bonchev–Trinajstić information content (AvgIpc) is 3.46. The molecule has 0 bridgehead atoms. The molecule has 2 saturated heterocycles. The minimum Gasteiger partial charge on any atom is -0.489 e. The van der Waals surface area contributed by atoms with E-state index in [1.54, 1.807) is 24.3 Å². The first-order valence-electron chi connectivity index (χ1n) is 12.5. The van der Waals surface area contributed by atoms with Crippen molar-refractivity contribution in [3.8, 4) is 5.75 Å². The third-order valence-electron chi connectivity index (χ3n) is 6.54. The minimum atomic E-state index is -0.428. The molecule has 2 aromatic heterocycles. The minimum absolute atomic E-state index is 0.0354. The summed E-state index contributed by atoms with van der Waals surface area (Å²) in [4.78, 5) is 36.9. The van der Waals surface area contributed by atoms with Crippen LogP contribution in [0.3, 0.4) is 0 Å². The molecule has 10 heteroatoms. The molecule has 0 saturated carbocycles. The summed E-state index contributed by atoms with van der Waals surface area (Å²) in [6, 6.07) is 10.5. The van der Waals surface area contributed by atoms with E-state index in [4.69, 9.17) is 16.3 Å². The van der Waals surface area contributed by atoms with Crippen LogP contribution in [0.1, 0.15) is 46.4 Å². The molecule has 4 heterocycles. The van der Waals surface area contributed by atoms with Gasteiger partial charge in [0, 0.05) is 37.2 Å². The van der Waals surface area contributed by atoms with Gasteiger partial charge in [-0.2, -0.15) is 0 Å². The summed E-state index contributed by atoms with van der Waals surface area (Å²) in [6.07, 6.45) is 8.50. The molecule has 3 N–H and O–H groups in total. The Balaban J connectivity index is 1.38. The lowest BCUT2D eigenvalue weighted by Gasteiger charge is -2.26. The SMILES string of the molecule is O=C(Nc1ccc(Cl)cn1)c1ccncc1NC(=O)c1ccc(N2CCCC2)cc1OC1CCNCC1. The Morgan fingerprint density at radius 1 is 0.973 bits per heavy atom. The van der Waals surface area contributed by atoms with Crippen LogP contribution in [0.4, 0.5) is 17.2 Å². The number of anilines is 3. The van der Waals surface area contributed by atoms with Gasteiger partial charge in [-0.3, -0.25) is 14.6 Å². The van der Waals surface area contributed by atoms with E-state index in [9.17, 15) is 9.59 Å². The molecular formula is C27H29ClN6O3. The Bertz CT molecular complexity index is 1260. The van der Waals surface area contributed by atoms with Crippen LogP contribution in [0, 0.1) is 0 Å². The fourth-order valence-electron chi connectivity index (χ4n) is 4.58. The molecule has 192 valence electrons. The van der Waals surface area contributed by atoms with Crippen molar-refractivity contribution in [3.63, 3.8) is 0 Å². The summed E-state index contributed by atoms with van der Waals surface area (Å²) in [5, 5.41) is 9.38. The molecule has 0 spiro atoms. The van der Waals surface area contributed by atoms with Crippen molar-refractivity contribution in [2.75, 3.05) is 41.7 Å². The fourth-order valence-corrected chi connectivity index (χ4v) is 4.69. The third kappa shape index (κ3) is 6.18. The highest BCUT2D eigenvalue weighted by molar-refractivity contribution is 6.30. The molecule has 1 aromatic carbocycles. The first kappa shape index (κ1) is 25.0. The third-order valence-corrected chi connectivity index (χ3v) is 6.77. The quantitative estimate of drug-likeness (QED) is 0.424. The van der Waals surface area contributed by atoms with Gasteiger partial charge in [0.2, 0.25) is 0 Å². The number of aromatic nitrogens is 2. The second-order valence-corrected chi connectivity index (χ2v) is 9.57. The van der Waals surface area contributed by atoms with E-state index in [-0.39, 0.29) is 23.3 Å². The molecule has 2 fully saturated rings. The molecule has 37 heavy (non-hydrogen) atoms. The van der Waals surface area contributed by atoms with Crippen LogP contribution in [0.25, 0.3) is 0 Å². The number of pyridine rings is 2. The highest BCUT2D eigenvalue weighted by Gasteiger charge is 2.23. The first-order valence-corrected chi connectivity index (χ1v) is 12.9. The van der Waals surface area contributed by atoms with Crippen molar-refractivity contribution in [1.82, 2.24) is 15.3 Å². The number of ether oxygens (including phenoxy) is 1. The maximum atomic E-state index is 13.5. The Labute approximate surface area is 220 Å². The van der Waals surface area contributed by atoms with Gasteiger partial charge in [0.1, 0.15) is 17.7 Å². The Hall–Kier alpha value is -3.69. The van der Waals surface area contributed by atoms with Gasteiger partial charge in [0.15, 0.2) is 0 Å². The smallest absolute Gasteiger partial charge is 0.259 e. The summed E-state index contributed by atoms with van der Waals surface area (Å²) in [5.74, 6) is 0.0966. The lowest BCUT2D eigenvalue weighted by molar-refractivity contribution is 0.101. The summed E-state index contributed by atoms with van der Waals surface area (Å²) in [7, 11) is 0. The Morgan fingerprint density at radius 3 is 2.51 bits per heavy atom. The van der Waals surface area contributed by atoms with Gasteiger partial charge < -0.3 is 25.6 Å². The number of benzene rings is 1. The van der Waals surface area contributed by atoms with Crippen molar-refractivity contribution >= 4 is 40.6 Å². The second kappa shape index (κ2) is 11.6. The molecule has 5 rings (SSSR count). The van der Waals surface area contributed by atoms with E-state index in [0.29, 0.717) is 22.2 Å². The predicted octanol–water partition coefficient (Wildman–Crippen LogP) is 4.37. The molecule has 0 aliphatic carbocycles. The highest BCUT2D eigenvalue weighted by Crippen LogP contribution is 2.31. The number of amides is 2. The molecule has 0 atom stereocenters. The van der Waals surface area contributed by atoms with Crippen LogP contribution in [0.15, 0.2) is 55.0 Å². The predicted molar refractivity (Wildman–Crippen MR) is 144 cm³/mol. The van der Waals surface area contributed by atoms with Gasteiger partial charge in [0.25, 0.3) is 11.8 Å². The number of hydrogen-bond donors (Lipinski definition) is 3. The van der Waals surface area contributed by atoms with Gasteiger partial charge >= 0.3 is 0 Å². The van der Waals surface area contributed by atoms with Crippen LogP contribution in [-0.2, 0) is 0 Å². The zero-order valence-electron chi connectivity index (χ0n) is 20.4. The van der Waals surface area contributed by atoms with Crippen molar-refractivity contribution < 1.29 is 14.3 Å². The van der Waals surface area contributed by atoms with Crippen LogP contribution < -0.4 is 25.6 Å². The molecule has 0 unspecified atom stereocenters. The zero-order chi connectivity index (χ0) is 25.6. The number of carbonyl (C=O) groups excluding carboxylic acids is 2. The number of nitrogens with zero attached hydrogens (tertiary/aromatic N) is 3. The van der Waals surface area contributed by atoms with Gasteiger partial charge in [-0.15, -0.1) is 0 Å². The lowest BCUT2D eigenvalue weighted by Crippen LogP contribution is -2.34. The maximum Gasteiger partial charge on any atom is 0.259 e. The molecule has 0 radical (unpaired) electrons. The number of nitrogens with one attached hydrogen (secondary N) is 3.